The van der Waals surface area contributed by atoms with Crippen molar-refractivity contribution in [3.05, 3.63) is 82.4 Å². The van der Waals surface area contributed by atoms with E-state index < -0.39 is 0 Å². The number of benzene rings is 3. The van der Waals surface area contributed by atoms with Gasteiger partial charge >= 0.3 is 0 Å². The van der Waals surface area contributed by atoms with Crippen LogP contribution in [0.2, 0.25) is 0 Å². The van der Waals surface area contributed by atoms with Crippen molar-refractivity contribution in [2.45, 2.75) is 44.4 Å². The number of aryl methyl sites for hydroxylation is 5. The van der Waals surface area contributed by atoms with Crippen molar-refractivity contribution in [3.8, 4) is 11.5 Å². The predicted molar refractivity (Wildman–Crippen MR) is 107 cm³/mol. The molecular weight excluding hydrogens is 324 g/mol. The first kappa shape index (κ1) is 17.6. The summed E-state index contributed by atoms with van der Waals surface area (Å²) < 4.78 is 6.26. The molecule has 25 heavy (non-hydrogen) atoms. The summed E-state index contributed by atoms with van der Waals surface area (Å²) in [6.45, 7) is 10.6. The molecule has 0 N–H and O–H groups in total. The van der Waals surface area contributed by atoms with Gasteiger partial charge in [-0.3, -0.25) is 0 Å². The Labute approximate surface area is 155 Å². The van der Waals surface area contributed by atoms with Crippen molar-refractivity contribution in [1.29, 1.82) is 0 Å². The van der Waals surface area contributed by atoms with Gasteiger partial charge < -0.3 is 4.74 Å². The summed E-state index contributed by atoms with van der Waals surface area (Å²) in [5.41, 5.74) is 6.32. The lowest BCUT2D eigenvalue weighted by Gasteiger charge is -2.14. The van der Waals surface area contributed by atoms with Gasteiger partial charge in [0, 0.05) is 4.90 Å². The first-order chi connectivity index (χ1) is 11.9. The zero-order chi connectivity index (χ0) is 18.0. The molecule has 128 valence electrons. The topological polar surface area (TPSA) is 9.23 Å². The van der Waals surface area contributed by atoms with E-state index >= 15 is 0 Å². The third-order valence-corrected chi connectivity index (χ3v) is 5.56. The molecule has 0 aromatic heterocycles. The van der Waals surface area contributed by atoms with E-state index in [1.54, 1.807) is 11.8 Å². The summed E-state index contributed by atoms with van der Waals surface area (Å²) in [6.07, 6.45) is 0. The van der Waals surface area contributed by atoms with E-state index in [4.69, 9.17) is 4.74 Å². The van der Waals surface area contributed by atoms with Crippen LogP contribution in [0.15, 0.2) is 64.4 Å². The molecule has 0 unspecified atom stereocenters. The molecule has 0 radical (unpaired) electrons. The Hall–Kier alpha value is -2.19. The Bertz CT molecular complexity index is 895. The molecule has 3 aromatic carbocycles. The molecule has 3 rings (SSSR count). The molecule has 0 saturated heterocycles. The fraction of sp³-hybridized carbons (Fsp3) is 0.217. The summed E-state index contributed by atoms with van der Waals surface area (Å²) in [6, 6.07) is 19.2. The predicted octanol–water partition coefficient (Wildman–Crippen LogP) is 7.17. The van der Waals surface area contributed by atoms with Crippen LogP contribution in [-0.2, 0) is 0 Å². The molecule has 0 aliphatic carbocycles. The van der Waals surface area contributed by atoms with Crippen LogP contribution in [-0.4, -0.2) is 0 Å². The van der Waals surface area contributed by atoms with Crippen LogP contribution in [0.3, 0.4) is 0 Å². The average molecular weight is 349 g/mol. The van der Waals surface area contributed by atoms with Crippen molar-refractivity contribution in [2.75, 3.05) is 0 Å². The van der Waals surface area contributed by atoms with E-state index in [1.807, 2.05) is 6.07 Å². The molecule has 3 aromatic rings. The van der Waals surface area contributed by atoms with Crippen molar-refractivity contribution < 1.29 is 4.74 Å². The summed E-state index contributed by atoms with van der Waals surface area (Å²) in [5, 5.41) is 0. The highest BCUT2D eigenvalue weighted by molar-refractivity contribution is 7.99. The molecule has 0 atom stereocenters. The van der Waals surface area contributed by atoms with Gasteiger partial charge in [0.1, 0.15) is 11.5 Å². The maximum atomic E-state index is 6.26. The highest BCUT2D eigenvalue weighted by Gasteiger charge is 2.10. The highest BCUT2D eigenvalue weighted by atomic mass is 32.2. The number of rotatable bonds is 4. The van der Waals surface area contributed by atoms with Gasteiger partial charge in [-0.15, -0.1) is 0 Å². The molecule has 2 heteroatoms. The zero-order valence-corrected chi connectivity index (χ0v) is 16.3. The van der Waals surface area contributed by atoms with Gasteiger partial charge in [-0.2, -0.15) is 0 Å². The average Bonchev–Trinajstić information content (AvgIpc) is 2.57. The second-order valence-corrected chi connectivity index (χ2v) is 7.76. The van der Waals surface area contributed by atoms with Crippen LogP contribution in [0.25, 0.3) is 0 Å². The normalized spacial score (nSPS) is 10.8. The lowest BCUT2D eigenvalue weighted by molar-refractivity contribution is 0.470. The Kier molecular flexibility index (Phi) is 5.19. The summed E-state index contributed by atoms with van der Waals surface area (Å²) in [4.78, 5) is 2.36. The quantitative estimate of drug-likeness (QED) is 0.494. The van der Waals surface area contributed by atoms with Crippen LogP contribution in [0.4, 0.5) is 0 Å². The molecule has 0 fully saturated rings. The molecule has 1 nitrogen and oxygen atoms in total. The number of ether oxygens (including phenoxy) is 1. The Morgan fingerprint density at radius 1 is 0.640 bits per heavy atom. The molecule has 0 bridgehead atoms. The van der Waals surface area contributed by atoms with Gasteiger partial charge in [-0.25, -0.2) is 0 Å². The first-order valence-electron chi connectivity index (χ1n) is 8.53. The lowest BCUT2D eigenvalue weighted by atomic mass is 10.1. The van der Waals surface area contributed by atoms with Gasteiger partial charge in [0.25, 0.3) is 0 Å². The van der Waals surface area contributed by atoms with Gasteiger partial charge in [0.15, 0.2) is 0 Å². The molecule has 0 spiro atoms. The van der Waals surface area contributed by atoms with Crippen molar-refractivity contribution in [3.63, 3.8) is 0 Å². The minimum absolute atomic E-state index is 0.886. The fourth-order valence-electron chi connectivity index (χ4n) is 2.56. The monoisotopic (exact) mass is 348 g/mol. The van der Waals surface area contributed by atoms with Crippen LogP contribution >= 0.6 is 11.8 Å². The molecule has 0 aliphatic rings. The van der Waals surface area contributed by atoms with Gasteiger partial charge in [0.05, 0.1) is 4.90 Å². The number of hydrogen-bond donors (Lipinski definition) is 0. The van der Waals surface area contributed by atoms with Crippen molar-refractivity contribution >= 4 is 11.8 Å². The fourth-order valence-corrected chi connectivity index (χ4v) is 3.52. The number of hydrogen-bond acceptors (Lipinski definition) is 2. The van der Waals surface area contributed by atoms with E-state index in [9.17, 15) is 0 Å². The Morgan fingerprint density at radius 3 is 1.96 bits per heavy atom. The van der Waals surface area contributed by atoms with E-state index in [0.717, 1.165) is 16.4 Å². The maximum absolute atomic E-state index is 6.26. The van der Waals surface area contributed by atoms with E-state index in [0.29, 0.717) is 0 Å². The second-order valence-electron chi connectivity index (χ2n) is 6.65. The largest absolute Gasteiger partial charge is 0.456 e. The van der Waals surface area contributed by atoms with Crippen molar-refractivity contribution in [1.82, 2.24) is 0 Å². The van der Waals surface area contributed by atoms with Gasteiger partial charge in [-0.1, -0.05) is 35.5 Å². The summed E-state index contributed by atoms with van der Waals surface area (Å²) in [7, 11) is 0. The second kappa shape index (κ2) is 7.37. The van der Waals surface area contributed by atoms with Crippen LogP contribution in [0.5, 0.6) is 11.5 Å². The molecule has 0 amide bonds. The minimum atomic E-state index is 0.886. The van der Waals surface area contributed by atoms with E-state index in [1.165, 1.54) is 32.7 Å². The summed E-state index contributed by atoms with van der Waals surface area (Å²) >= 11 is 1.75. The SMILES string of the molecule is Cc1ccc(Sc2cc(C)c(C)cc2Oc2ccc(C)c(C)c2)cc1. The van der Waals surface area contributed by atoms with Crippen LogP contribution < -0.4 is 4.74 Å². The maximum Gasteiger partial charge on any atom is 0.141 e. The van der Waals surface area contributed by atoms with E-state index in [-0.39, 0.29) is 0 Å². The Morgan fingerprint density at radius 2 is 1.28 bits per heavy atom. The van der Waals surface area contributed by atoms with Crippen molar-refractivity contribution in [2.24, 2.45) is 0 Å². The molecule has 0 aliphatic heterocycles. The summed E-state index contributed by atoms with van der Waals surface area (Å²) in [5.74, 6) is 1.80. The smallest absolute Gasteiger partial charge is 0.141 e. The van der Waals surface area contributed by atoms with Crippen LogP contribution in [0.1, 0.15) is 27.8 Å². The first-order valence-corrected chi connectivity index (χ1v) is 9.35. The zero-order valence-electron chi connectivity index (χ0n) is 15.5. The highest BCUT2D eigenvalue weighted by Crippen LogP contribution is 2.39. The van der Waals surface area contributed by atoms with Gasteiger partial charge in [-0.05, 0) is 93.3 Å². The third kappa shape index (κ3) is 4.26. The van der Waals surface area contributed by atoms with Gasteiger partial charge in [0.2, 0.25) is 0 Å². The van der Waals surface area contributed by atoms with E-state index in [2.05, 4.69) is 83.1 Å². The minimum Gasteiger partial charge on any atom is -0.456 e. The third-order valence-electron chi connectivity index (χ3n) is 4.52. The molecular formula is C23H24OS. The molecule has 0 heterocycles. The Balaban J connectivity index is 1.95. The lowest BCUT2D eigenvalue weighted by Crippen LogP contribution is -1.92. The standard InChI is InChI=1S/C23H24OS/c1-15-6-10-21(11-7-15)25-23-14-19(5)18(4)13-22(23)24-20-9-8-16(2)17(3)12-20/h6-14H,1-5H3. The van der Waals surface area contributed by atoms with Crippen LogP contribution in [0, 0.1) is 34.6 Å². The molecule has 0 saturated carbocycles.